The van der Waals surface area contributed by atoms with Crippen LogP contribution < -0.4 is 5.32 Å². The average molecular weight is 453 g/mol. The minimum atomic E-state index is -0.00869. The van der Waals surface area contributed by atoms with Crippen LogP contribution in [0.2, 0.25) is 0 Å². The molecule has 3 aromatic carbocycles. The molecule has 1 amide bonds. The SMILES string of the molecule is Cc1cccc(-c2noc(CN3CCC(C(=O)Nc4ccccc4-c4ccccc4)CC3)n2)c1. The van der Waals surface area contributed by atoms with E-state index in [1.165, 1.54) is 0 Å². The summed E-state index contributed by atoms with van der Waals surface area (Å²) >= 11 is 0. The van der Waals surface area contributed by atoms with E-state index in [-0.39, 0.29) is 11.8 Å². The summed E-state index contributed by atoms with van der Waals surface area (Å²) in [5, 5.41) is 7.31. The van der Waals surface area contributed by atoms with Crippen LogP contribution >= 0.6 is 0 Å². The average Bonchev–Trinajstić information content (AvgIpc) is 3.34. The van der Waals surface area contributed by atoms with Gasteiger partial charge in [0.15, 0.2) is 0 Å². The fraction of sp³-hybridized carbons (Fsp3) is 0.250. The van der Waals surface area contributed by atoms with Gasteiger partial charge in [0.25, 0.3) is 0 Å². The highest BCUT2D eigenvalue weighted by atomic mass is 16.5. The molecule has 2 heterocycles. The van der Waals surface area contributed by atoms with E-state index in [4.69, 9.17) is 4.52 Å². The summed E-state index contributed by atoms with van der Waals surface area (Å²) in [6, 6.07) is 26.2. The lowest BCUT2D eigenvalue weighted by atomic mass is 9.95. The summed E-state index contributed by atoms with van der Waals surface area (Å²) in [5.74, 6) is 1.30. The van der Waals surface area contributed by atoms with Crippen LogP contribution in [0.15, 0.2) is 83.4 Å². The van der Waals surface area contributed by atoms with Crippen molar-refractivity contribution in [2.75, 3.05) is 18.4 Å². The van der Waals surface area contributed by atoms with E-state index in [9.17, 15) is 4.79 Å². The fourth-order valence-corrected chi connectivity index (χ4v) is 4.46. The molecule has 0 unspecified atom stereocenters. The number of hydrogen-bond acceptors (Lipinski definition) is 5. The Kier molecular flexibility index (Phi) is 6.49. The molecule has 6 heteroatoms. The molecule has 5 rings (SSSR count). The maximum atomic E-state index is 13.0. The molecule has 0 atom stereocenters. The van der Waals surface area contributed by atoms with Gasteiger partial charge in [0, 0.05) is 22.7 Å². The minimum absolute atomic E-state index is 0.00869. The number of nitrogens with one attached hydrogen (secondary N) is 1. The molecule has 1 N–H and O–H groups in total. The van der Waals surface area contributed by atoms with Crippen molar-refractivity contribution in [3.05, 3.63) is 90.3 Å². The standard InChI is InChI=1S/C28H28N4O2/c1-20-8-7-11-23(18-20)27-30-26(34-31-27)19-32-16-14-22(15-17-32)28(33)29-25-13-6-5-12-24(25)21-9-3-2-4-10-21/h2-13,18,22H,14-17,19H2,1H3,(H,29,33). The minimum Gasteiger partial charge on any atom is -0.338 e. The molecule has 0 saturated carbocycles. The van der Waals surface area contributed by atoms with Crippen molar-refractivity contribution in [1.29, 1.82) is 0 Å². The molecule has 0 aliphatic carbocycles. The molecular weight excluding hydrogens is 424 g/mol. The van der Waals surface area contributed by atoms with Crippen LogP contribution in [0.4, 0.5) is 5.69 Å². The first kappa shape index (κ1) is 22.0. The van der Waals surface area contributed by atoms with E-state index in [2.05, 4.69) is 38.6 Å². The van der Waals surface area contributed by atoms with Gasteiger partial charge in [-0.2, -0.15) is 4.98 Å². The van der Waals surface area contributed by atoms with Gasteiger partial charge in [-0.3, -0.25) is 9.69 Å². The summed E-state index contributed by atoms with van der Waals surface area (Å²) in [6.07, 6.45) is 1.61. The smallest absolute Gasteiger partial charge is 0.241 e. The first-order valence-electron chi connectivity index (χ1n) is 11.7. The zero-order valence-corrected chi connectivity index (χ0v) is 19.3. The van der Waals surface area contributed by atoms with Gasteiger partial charge < -0.3 is 9.84 Å². The second kappa shape index (κ2) is 10.0. The first-order valence-corrected chi connectivity index (χ1v) is 11.7. The van der Waals surface area contributed by atoms with Crippen LogP contribution in [-0.4, -0.2) is 34.0 Å². The van der Waals surface area contributed by atoms with Crippen LogP contribution in [0.3, 0.4) is 0 Å². The van der Waals surface area contributed by atoms with E-state index in [1.807, 2.05) is 67.6 Å². The van der Waals surface area contributed by atoms with Crippen LogP contribution in [0.1, 0.15) is 24.3 Å². The monoisotopic (exact) mass is 452 g/mol. The summed E-state index contributed by atoms with van der Waals surface area (Å²) in [7, 11) is 0. The second-order valence-corrected chi connectivity index (χ2v) is 8.83. The quantitative estimate of drug-likeness (QED) is 0.415. The van der Waals surface area contributed by atoms with Crippen molar-refractivity contribution in [1.82, 2.24) is 15.0 Å². The van der Waals surface area contributed by atoms with Gasteiger partial charge in [-0.25, -0.2) is 0 Å². The van der Waals surface area contributed by atoms with E-state index < -0.39 is 0 Å². The zero-order valence-electron chi connectivity index (χ0n) is 19.3. The number of carbonyl (C=O) groups excluding carboxylic acids is 1. The molecular formula is C28H28N4O2. The summed E-state index contributed by atoms with van der Waals surface area (Å²) < 4.78 is 5.49. The number of likely N-dealkylation sites (tertiary alicyclic amines) is 1. The number of amides is 1. The number of benzene rings is 3. The summed E-state index contributed by atoms with van der Waals surface area (Å²) in [4.78, 5) is 19.9. The Labute approximate surface area is 199 Å². The largest absolute Gasteiger partial charge is 0.338 e. The Morgan fingerprint density at radius 3 is 2.50 bits per heavy atom. The molecule has 0 radical (unpaired) electrons. The first-order chi connectivity index (χ1) is 16.7. The molecule has 1 aliphatic heterocycles. The number of hydrogen-bond donors (Lipinski definition) is 1. The molecule has 1 fully saturated rings. The Morgan fingerprint density at radius 2 is 1.71 bits per heavy atom. The van der Waals surface area contributed by atoms with Gasteiger partial charge in [0.1, 0.15) is 0 Å². The molecule has 4 aromatic rings. The van der Waals surface area contributed by atoms with Gasteiger partial charge in [-0.1, -0.05) is 77.5 Å². The molecule has 6 nitrogen and oxygen atoms in total. The predicted molar refractivity (Wildman–Crippen MR) is 133 cm³/mol. The third-order valence-corrected chi connectivity index (χ3v) is 6.33. The summed E-state index contributed by atoms with van der Waals surface area (Å²) in [6.45, 7) is 4.29. The van der Waals surface area contributed by atoms with Crippen molar-refractivity contribution < 1.29 is 9.32 Å². The molecule has 0 spiro atoms. The highest BCUT2D eigenvalue weighted by Gasteiger charge is 2.26. The van der Waals surface area contributed by atoms with E-state index in [0.717, 1.165) is 53.9 Å². The molecule has 0 bridgehead atoms. The summed E-state index contributed by atoms with van der Waals surface area (Å²) in [5.41, 5.74) is 5.11. The Morgan fingerprint density at radius 1 is 0.971 bits per heavy atom. The highest BCUT2D eigenvalue weighted by Crippen LogP contribution is 2.29. The fourth-order valence-electron chi connectivity index (χ4n) is 4.46. The lowest BCUT2D eigenvalue weighted by Crippen LogP contribution is -2.37. The predicted octanol–water partition coefficient (Wildman–Crippen LogP) is 5.56. The zero-order chi connectivity index (χ0) is 23.3. The van der Waals surface area contributed by atoms with Gasteiger partial charge in [-0.05, 0) is 50.6 Å². The molecule has 1 aromatic heterocycles. The van der Waals surface area contributed by atoms with E-state index in [1.54, 1.807) is 0 Å². The van der Waals surface area contributed by atoms with Gasteiger partial charge in [0.2, 0.25) is 17.6 Å². The number of rotatable bonds is 6. The highest BCUT2D eigenvalue weighted by molar-refractivity contribution is 5.96. The van der Waals surface area contributed by atoms with Crippen LogP contribution in [0.25, 0.3) is 22.5 Å². The maximum absolute atomic E-state index is 13.0. The number of para-hydroxylation sites is 1. The number of aryl methyl sites for hydroxylation is 1. The van der Waals surface area contributed by atoms with Crippen molar-refractivity contribution in [2.24, 2.45) is 5.92 Å². The molecule has 1 aliphatic rings. The lowest BCUT2D eigenvalue weighted by Gasteiger charge is -2.30. The van der Waals surface area contributed by atoms with Crippen molar-refractivity contribution in [3.63, 3.8) is 0 Å². The number of carbonyl (C=O) groups is 1. The van der Waals surface area contributed by atoms with Crippen LogP contribution in [0.5, 0.6) is 0 Å². The van der Waals surface area contributed by atoms with E-state index >= 15 is 0 Å². The Balaban J connectivity index is 1.17. The number of piperidine rings is 1. The van der Waals surface area contributed by atoms with Crippen molar-refractivity contribution >= 4 is 11.6 Å². The Hall–Kier alpha value is -3.77. The van der Waals surface area contributed by atoms with E-state index in [0.29, 0.717) is 18.3 Å². The third-order valence-electron chi connectivity index (χ3n) is 6.33. The van der Waals surface area contributed by atoms with Gasteiger partial charge in [0.05, 0.1) is 6.54 Å². The maximum Gasteiger partial charge on any atom is 0.241 e. The second-order valence-electron chi connectivity index (χ2n) is 8.83. The molecule has 172 valence electrons. The lowest BCUT2D eigenvalue weighted by molar-refractivity contribution is -0.121. The topological polar surface area (TPSA) is 71.3 Å². The van der Waals surface area contributed by atoms with Crippen LogP contribution in [-0.2, 0) is 11.3 Å². The Bertz CT molecular complexity index is 1260. The van der Waals surface area contributed by atoms with Crippen molar-refractivity contribution in [2.45, 2.75) is 26.3 Å². The number of anilines is 1. The normalized spacial score (nSPS) is 14.7. The van der Waals surface area contributed by atoms with Gasteiger partial charge in [-0.15, -0.1) is 0 Å². The van der Waals surface area contributed by atoms with Gasteiger partial charge >= 0.3 is 0 Å². The molecule has 1 saturated heterocycles. The third kappa shape index (κ3) is 5.07. The van der Waals surface area contributed by atoms with Crippen LogP contribution in [0, 0.1) is 12.8 Å². The number of nitrogens with zero attached hydrogens (tertiary/aromatic N) is 3. The van der Waals surface area contributed by atoms with Crippen molar-refractivity contribution in [3.8, 4) is 22.5 Å². The number of aromatic nitrogens is 2. The molecule has 34 heavy (non-hydrogen) atoms.